The third-order valence-corrected chi connectivity index (χ3v) is 2.47. The number of ether oxygens (including phenoxy) is 1. The zero-order valence-corrected chi connectivity index (χ0v) is 10.6. The van der Waals surface area contributed by atoms with Gasteiger partial charge in [0.05, 0.1) is 19.3 Å². The van der Waals surface area contributed by atoms with Gasteiger partial charge >= 0.3 is 0 Å². The summed E-state index contributed by atoms with van der Waals surface area (Å²) in [5.74, 6) is 1.08. The fourth-order valence-electron chi connectivity index (χ4n) is 1.53. The summed E-state index contributed by atoms with van der Waals surface area (Å²) in [6.07, 6.45) is 0. The standard InChI is InChI=1S/C12H14N4O3/c1-7-15-11(16-19-7)6-14-12(17)8-3-4-9(13)10(5-8)18-2/h3-5H,6,13H2,1-2H3,(H,14,17). The van der Waals surface area contributed by atoms with Crippen molar-refractivity contribution in [3.8, 4) is 5.75 Å². The van der Waals surface area contributed by atoms with E-state index < -0.39 is 0 Å². The maximum atomic E-state index is 11.9. The molecule has 0 aliphatic heterocycles. The number of carbonyl (C=O) groups excluding carboxylic acids is 1. The van der Waals surface area contributed by atoms with Crippen molar-refractivity contribution in [2.45, 2.75) is 13.5 Å². The first-order valence-corrected chi connectivity index (χ1v) is 5.61. The minimum absolute atomic E-state index is 0.197. The van der Waals surface area contributed by atoms with Crippen LogP contribution in [0, 0.1) is 6.92 Å². The molecule has 0 bridgehead atoms. The van der Waals surface area contributed by atoms with Gasteiger partial charge in [-0.1, -0.05) is 5.16 Å². The van der Waals surface area contributed by atoms with Gasteiger partial charge in [-0.05, 0) is 18.2 Å². The number of aromatic nitrogens is 2. The van der Waals surface area contributed by atoms with Gasteiger partial charge in [0.2, 0.25) is 5.89 Å². The minimum atomic E-state index is -0.263. The van der Waals surface area contributed by atoms with Gasteiger partial charge in [-0.25, -0.2) is 0 Å². The van der Waals surface area contributed by atoms with Gasteiger partial charge in [-0.3, -0.25) is 4.79 Å². The van der Waals surface area contributed by atoms with Crippen LogP contribution in [0.5, 0.6) is 5.75 Å². The highest BCUT2D eigenvalue weighted by molar-refractivity contribution is 5.95. The lowest BCUT2D eigenvalue weighted by Gasteiger charge is -2.07. The SMILES string of the molecule is COc1cc(C(=O)NCc2noc(C)n2)ccc1N. The van der Waals surface area contributed by atoms with Crippen LogP contribution in [0.3, 0.4) is 0 Å². The normalized spacial score (nSPS) is 10.2. The third-order valence-electron chi connectivity index (χ3n) is 2.47. The molecule has 7 heteroatoms. The van der Waals surface area contributed by atoms with Crippen molar-refractivity contribution in [1.29, 1.82) is 0 Å². The second-order valence-electron chi connectivity index (χ2n) is 3.87. The summed E-state index contributed by atoms with van der Waals surface area (Å²) in [7, 11) is 1.50. The van der Waals surface area contributed by atoms with Gasteiger partial charge in [-0.2, -0.15) is 4.98 Å². The Morgan fingerprint density at radius 2 is 2.32 bits per heavy atom. The number of nitrogen functional groups attached to an aromatic ring is 1. The topological polar surface area (TPSA) is 103 Å². The first-order valence-electron chi connectivity index (χ1n) is 5.61. The molecule has 100 valence electrons. The van der Waals surface area contributed by atoms with Crippen LogP contribution in [-0.4, -0.2) is 23.2 Å². The molecule has 0 saturated heterocycles. The highest BCUT2D eigenvalue weighted by atomic mass is 16.5. The van der Waals surface area contributed by atoms with Crippen LogP contribution in [0.1, 0.15) is 22.1 Å². The van der Waals surface area contributed by atoms with E-state index in [1.807, 2.05) is 0 Å². The van der Waals surface area contributed by atoms with Crippen molar-refractivity contribution in [2.24, 2.45) is 0 Å². The number of aryl methyl sites for hydroxylation is 1. The molecular formula is C12H14N4O3. The van der Waals surface area contributed by atoms with E-state index in [0.717, 1.165) is 0 Å². The molecule has 1 aromatic heterocycles. The zero-order valence-electron chi connectivity index (χ0n) is 10.6. The van der Waals surface area contributed by atoms with Crippen LogP contribution in [0.15, 0.2) is 22.7 Å². The second kappa shape index (κ2) is 5.38. The minimum Gasteiger partial charge on any atom is -0.495 e. The van der Waals surface area contributed by atoms with Gasteiger partial charge in [0.15, 0.2) is 5.82 Å². The Labute approximate surface area is 109 Å². The number of nitrogens with zero attached hydrogens (tertiary/aromatic N) is 2. The fourth-order valence-corrected chi connectivity index (χ4v) is 1.53. The maximum Gasteiger partial charge on any atom is 0.251 e. The van der Waals surface area contributed by atoms with Gasteiger partial charge in [0.1, 0.15) is 5.75 Å². The Morgan fingerprint density at radius 3 is 2.95 bits per heavy atom. The Balaban J connectivity index is 2.03. The number of nitrogens with one attached hydrogen (secondary N) is 1. The van der Waals surface area contributed by atoms with E-state index >= 15 is 0 Å². The quantitative estimate of drug-likeness (QED) is 0.793. The molecule has 19 heavy (non-hydrogen) atoms. The van der Waals surface area contributed by atoms with Gasteiger partial charge < -0.3 is 20.3 Å². The maximum absolute atomic E-state index is 11.9. The lowest BCUT2D eigenvalue weighted by Crippen LogP contribution is -2.23. The first-order chi connectivity index (χ1) is 9.10. The van der Waals surface area contributed by atoms with E-state index in [9.17, 15) is 4.79 Å². The zero-order chi connectivity index (χ0) is 13.8. The molecule has 2 rings (SSSR count). The molecule has 0 aliphatic rings. The number of hydrogen-bond donors (Lipinski definition) is 2. The molecule has 0 saturated carbocycles. The number of benzene rings is 1. The summed E-state index contributed by atoms with van der Waals surface area (Å²) in [5, 5.41) is 6.36. The predicted molar refractivity (Wildman–Crippen MR) is 67.6 cm³/mol. The van der Waals surface area contributed by atoms with E-state index in [2.05, 4.69) is 15.5 Å². The summed E-state index contributed by atoms with van der Waals surface area (Å²) in [4.78, 5) is 15.9. The molecule has 0 atom stereocenters. The van der Waals surface area contributed by atoms with E-state index in [4.69, 9.17) is 15.0 Å². The Morgan fingerprint density at radius 1 is 1.53 bits per heavy atom. The lowest BCUT2D eigenvalue weighted by molar-refractivity contribution is 0.0949. The molecule has 3 N–H and O–H groups in total. The number of amides is 1. The molecule has 2 aromatic rings. The summed E-state index contributed by atoms with van der Waals surface area (Å²) in [5.41, 5.74) is 6.61. The molecule has 0 fully saturated rings. The van der Waals surface area contributed by atoms with Crippen molar-refractivity contribution in [1.82, 2.24) is 15.5 Å². The summed E-state index contributed by atoms with van der Waals surface area (Å²) < 4.78 is 9.86. The van der Waals surface area contributed by atoms with Crippen molar-refractivity contribution < 1.29 is 14.1 Å². The van der Waals surface area contributed by atoms with Gasteiger partial charge in [-0.15, -0.1) is 0 Å². The summed E-state index contributed by atoms with van der Waals surface area (Å²) in [6, 6.07) is 4.81. The molecule has 0 radical (unpaired) electrons. The number of anilines is 1. The number of methoxy groups -OCH3 is 1. The second-order valence-corrected chi connectivity index (χ2v) is 3.87. The van der Waals surface area contributed by atoms with Crippen LogP contribution in [0.2, 0.25) is 0 Å². The molecule has 0 spiro atoms. The lowest BCUT2D eigenvalue weighted by atomic mass is 10.2. The molecule has 7 nitrogen and oxygen atoms in total. The van der Waals surface area contributed by atoms with Crippen molar-refractivity contribution in [3.63, 3.8) is 0 Å². The monoisotopic (exact) mass is 262 g/mol. The first kappa shape index (κ1) is 12.9. The third kappa shape index (κ3) is 3.01. The Bertz CT molecular complexity index is 594. The predicted octanol–water partition coefficient (Wildman–Crippen LogP) is 0.899. The van der Waals surface area contributed by atoms with Gasteiger partial charge in [0.25, 0.3) is 5.91 Å². The van der Waals surface area contributed by atoms with E-state index in [0.29, 0.717) is 28.7 Å². The van der Waals surface area contributed by atoms with Crippen molar-refractivity contribution in [3.05, 3.63) is 35.5 Å². The summed E-state index contributed by atoms with van der Waals surface area (Å²) in [6.45, 7) is 1.88. The number of nitrogens with two attached hydrogens (primary N) is 1. The van der Waals surface area contributed by atoms with Crippen LogP contribution in [0.25, 0.3) is 0 Å². The Hall–Kier alpha value is -2.57. The average Bonchev–Trinajstić information content (AvgIpc) is 2.82. The Kier molecular flexibility index (Phi) is 3.65. The smallest absolute Gasteiger partial charge is 0.251 e. The molecule has 1 heterocycles. The highest BCUT2D eigenvalue weighted by Crippen LogP contribution is 2.21. The fraction of sp³-hybridized carbons (Fsp3) is 0.250. The number of carbonyl (C=O) groups is 1. The number of hydrogen-bond acceptors (Lipinski definition) is 6. The molecular weight excluding hydrogens is 248 g/mol. The van der Waals surface area contributed by atoms with E-state index in [1.165, 1.54) is 7.11 Å². The van der Waals surface area contributed by atoms with Crippen LogP contribution < -0.4 is 15.8 Å². The van der Waals surface area contributed by atoms with Gasteiger partial charge in [0, 0.05) is 12.5 Å². The van der Waals surface area contributed by atoms with Crippen LogP contribution >= 0.6 is 0 Å². The molecule has 0 unspecified atom stereocenters. The largest absolute Gasteiger partial charge is 0.495 e. The van der Waals surface area contributed by atoms with Crippen LogP contribution in [0.4, 0.5) is 5.69 Å². The van der Waals surface area contributed by atoms with E-state index in [1.54, 1.807) is 25.1 Å². The highest BCUT2D eigenvalue weighted by Gasteiger charge is 2.10. The molecule has 0 aliphatic carbocycles. The van der Waals surface area contributed by atoms with Crippen molar-refractivity contribution >= 4 is 11.6 Å². The van der Waals surface area contributed by atoms with E-state index in [-0.39, 0.29) is 12.5 Å². The summed E-state index contributed by atoms with van der Waals surface area (Å²) >= 11 is 0. The number of rotatable bonds is 4. The molecule has 1 aromatic carbocycles. The van der Waals surface area contributed by atoms with Crippen LogP contribution in [-0.2, 0) is 6.54 Å². The van der Waals surface area contributed by atoms with Crippen molar-refractivity contribution in [2.75, 3.05) is 12.8 Å². The average molecular weight is 262 g/mol. The molecule has 1 amide bonds.